The van der Waals surface area contributed by atoms with Crippen LogP contribution in [0.1, 0.15) is 52.4 Å². The van der Waals surface area contributed by atoms with E-state index in [0.29, 0.717) is 18.8 Å². The minimum absolute atomic E-state index is 0.0650. The molecule has 0 spiro atoms. The topological polar surface area (TPSA) is 26.0 Å². The lowest BCUT2D eigenvalue weighted by molar-refractivity contribution is -0.0592. The summed E-state index contributed by atoms with van der Waals surface area (Å²) >= 11 is 0. The quantitative estimate of drug-likeness (QED) is 0.754. The Balaban J connectivity index is 2.02. The molecule has 0 bridgehead atoms. The molecule has 2 N–H and O–H groups in total. The summed E-state index contributed by atoms with van der Waals surface area (Å²) in [4.78, 5) is 0. The van der Waals surface area contributed by atoms with Crippen molar-refractivity contribution in [3.63, 3.8) is 0 Å². The predicted molar refractivity (Wildman–Crippen MR) is 56.8 cm³/mol. The van der Waals surface area contributed by atoms with Crippen molar-refractivity contribution < 1.29 is 8.78 Å². The minimum atomic E-state index is -2.41. The van der Waals surface area contributed by atoms with Crippen molar-refractivity contribution in [1.82, 2.24) is 0 Å². The van der Waals surface area contributed by atoms with Crippen LogP contribution in [0, 0.1) is 11.3 Å². The molecule has 1 nitrogen and oxygen atoms in total. The first-order valence-electron chi connectivity index (χ1n) is 5.94. The predicted octanol–water partition coefficient (Wildman–Crippen LogP) is 3.33. The molecule has 2 fully saturated rings. The largest absolute Gasteiger partial charge is 0.325 e. The Morgan fingerprint density at radius 2 is 1.53 bits per heavy atom. The van der Waals surface area contributed by atoms with E-state index in [-0.39, 0.29) is 23.8 Å². The first-order valence-corrected chi connectivity index (χ1v) is 5.94. The maximum atomic E-state index is 13.1. The van der Waals surface area contributed by atoms with Gasteiger partial charge in [-0.1, -0.05) is 0 Å². The fourth-order valence-corrected chi connectivity index (χ4v) is 3.31. The highest BCUT2D eigenvalue weighted by atomic mass is 19.3. The van der Waals surface area contributed by atoms with Crippen LogP contribution in [0.2, 0.25) is 0 Å². The molecule has 0 radical (unpaired) electrons. The van der Waals surface area contributed by atoms with Gasteiger partial charge >= 0.3 is 0 Å². The first-order chi connectivity index (χ1) is 6.77. The Morgan fingerprint density at radius 3 is 1.87 bits per heavy atom. The van der Waals surface area contributed by atoms with Crippen LogP contribution in [0.3, 0.4) is 0 Å². The number of halogens is 2. The Labute approximate surface area is 90.4 Å². The smallest absolute Gasteiger partial charge is 0.248 e. The Morgan fingerprint density at radius 1 is 1.07 bits per heavy atom. The summed E-state index contributed by atoms with van der Waals surface area (Å²) < 4.78 is 26.1. The van der Waals surface area contributed by atoms with Crippen molar-refractivity contribution in [3.05, 3.63) is 0 Å². The number of hydrogen-bond acceptors (Lipinski definition) is 1. The highest BCUT2D eigenvalue weighted by Crippen LogP contribution is 2.62. The van der Waals surface area contributed by atoms with Gasteiger partial charge in [-0.2, -0.15) is 0 Å². The maximum Gasteiger partial charge on any atom is 0.248 e. The Bertz CT molecular complexity index is 241. The lowest BCUT2D eigenvalue weighted by Gasteiger charge is -2.41. The second-order valence-electron chi connectivity index (χ2n) is 6.01. The van der Waals surface area contributed by atoms with Gasteiger partial charge in [0.2, 0.25) is 5.92 Å². The molecule has 15 heavy (non-hydrogen) atoms. The van der Waals surface area contributed by atoms with Crippen LogP contribution in [0.5, 0.6) is 0 Å². The molecule has 88 valence electrons. The van der Waals surface area contributed by atoms with E-state index in [2.05, 4.69) is 0 Å². The molecule has 0 aliphatic heterocycles. The molecule has 0 atom stereocenters. The van der Waals surface area contributed by atoms with Crippen LogP contribution >= 0.6 is 0 Å². The van der Waals surface area contributed by atoms with E-state index in [1.807, 2.05) is 13.8 Å². The standard InChI is InChI=1S/C12H21F2N/c1-10(2,15)11(7-8-11)9-3-5-12(13,14)6-4-9/h9H,3-8,15H2,1-2H3. The van der Waals surface area contributed by atoms with E-state index in [0.717, 1.165) is 12.8 Å². The molecule has 2 saturated carbocycles. The normalized spacial score (nSPS) is 30.2. The molecule has 0 saturated heterocycles. The molecule has 2 aliphatic rings. The van der Waals surface area contributed by atoms with Crippen molar-refractivity contribution in [2.75, 3.05) is 0 Å². The van der Waals surface area contributed by atoms with Crippen LogP contribution < -0.4 is 5.73 Å². The summed E-state index contributed by atoms with van der Waals surface area (Å²) in [6, 6.07) is 0. The second kappa shape index (κ2) is 3.16. The van der Waals surface area contributed by atoms with Gasteiger partial charge in [0.15, 0.2) is 0 Å². The average Bonchev–Trinajstić information content (AvgIpc) is 2.83. The molecular weight excluding hydrogens is 196 g/mol. The molecule has 0 aromatic carbocycles. The Hall–Kier alpha value is -0.180. The molecule has 0 unspecified atom stereocenters. The highest BCUT2D eigenvalue weighted by molar-refractivity contribution is 5.11. The van der Waals surface area contributed by atoms with E-state index in [1.165, 1.54) is 0 Å². The van der Waals surface area contributed by atoms with Gasteiger partial charge in [-0.3, -0.25) is 0 Å². The minimum Gasteiger partial charge on any atom is -0.325 e. The van der Waals surface area contributed by atoms with Crippen molar-refractivity contribution in [2.24, 2.45) is 17.1 Å². The van der Waals surface area contributed by atoms with Gasteiger partial charge in [-0.25, -0.2) is 8.78 Å². The van der Waals surface area contributed by atoms with Gasteiger partial charge in [0.1, 0.15) is 0 Å². The second-order valence-corrected chi connectivity index (χ2v) is 6.01. The molecule has 0 heterocycles. The molecule has 0 aromatic rings. The van der Waals surface area contributed by atoms with Crippen molar-refractivity contribution in [3.8, 4) is 0 Å². The van der Waals surface area contributed by atoms with Gasteiger partial charge < -0.3 is 5.73 Å². The molecule has 2 aliphatic carbocycles. The van der Waals surface area contributed by atoms with Crippen LogP contribution in [-0.4, -0.2) is 11.5 Å². The van der Waals surface area contributed by atoms with Crippen LogP contribution in [0.4, 0.5) is 8.78 Å². The average molecular weight is 217 g/mol. The van der Waals surface area contributed by atoms with Crippen molar-refractivity contribution in [2.45, 2.75) is 63.8 Å². The lowest BCUT2D eigenvalue weighted by atomic mass is 9.68. The molecule has 3 heteroatoms. The van der Waals surface area contributed by atoms with Gasteiger partial charge in [0.05, 0.1) is 0 Å². The van der Waals surface area contributed by atoms with Crippen molar-refractivity contribution >= 4 is 0 Å². The first kappa shape index (κ1) is 11.3. The summed E-state index contributed by atoms with van der Waals surface area (Å²) in [7, 11) is 0. The number of nitrogens with two attached hydrogens (primary N) is 1. The number of rotatable bonds is 2. The van der Waals surface area contributed by atoms with Gasteiger partial charge in [0, 0.05) is 18.4 Å². The van der Waals surface area contributed by atoms with Crippen molar-refractivity contribution in [1.29, 1.82) is 0 Å². The maximum absolute atomic E-state index is 13.1. The van der Waals surface area contributed by atoms with E-state index in [1.54, 1.807) is 0 Å². The molecule has 0 amide bonds. The van der Waals surface area contributed by atoms with Crippen LogP contribution in [0.25, 0.3) is 0 Å². The van der Waals surface area contributed by atoms with Gasteiger partial charge in [-0.05, 0) is 50.9 Å². The Kier molecular flexibility index (Phi) is 2.38. The summed E-state index contributed by atoms with van der Waals surface area (Å²) in [5.74, 6) is -1.98. The number of hydrogen-bond donors (Lipinski definition) is 1. The van der Waals surface area contributed by atoms with E-state index >= 15 is 0 Å². The van der Waals surface area contributed by atoms with Gasteiger partial charge in [-0.15, -0.1) is 0 Å². The third kappa shape index (κ3) is 1.91. The van der Waals surface area contributed by atoms with Gasteiger partial charge in [0.25, 0.3) is 0 Å². The third-order valence-electron chi connectivity index (χ3n) is 4.57. The molecular formula is C12H21F2N. The summed E-state index contributed by atoms with van der Waals surface area (Å²) in [5, 5.41) is 0. The van der Waals surface area contributed by atoms with Crippen LogP contribution in [0.15, 0.2) is 0 Å². The van der Waals surface area contributed by atoms with E-state index in [9.17, 15) is 8.78 Å². The summed E-state index contributed by atoms with van der Waals surface area (Å²) in [5.41, 5.74) is 6.15. The highest BCUT2D eigenvalue weighted by Gasteiger charge is 2.58. The number of alkyl halides is 2. The zero-order chi connectivity index (χ0) is 11.3. The fraction of sp³-hybridized carbons (Fsp3) is 1.00. The zero-order valence-corrected chi connectivity index (χ0v) is 9.65. The zero-order valence-electron chi connectivity index (χ0n) is 9.65. The lowest BCUT2D eigenvalue weighted by Crippen LogP contribution is -2.47. The SMILES string of the molecule is CC(C)(N)C1(C2CCC(F)(F)CC2)CC1. The summed E-state index contributed by atoms with van der Waals surface area (Å²) in [6.45, 7) is 4.10. The van der Waals surface area contributed by atoms with Crippen LogP contribution in [-0.2, 0) is 0 Å². The fourth-order valence-electron chi connectivity index (χ4n) is 3.31. The molecule has 2 rings (SSSR count). The summed E-state index contributed by atoms with van der Waals surface area (Å²) in [6.07, 6.45) is 3.71. The third-order valence-corrected chi connectivity index (χ3v) is 4.57. The molecule has 0 aromatic heterocycles. The van der Waals surface area contributed by atoms with E-state index < -0.39 is 5.92 Å². The van der Waals surface area contributed by atoms with E-state index in [4.69, 9.17) is 5.73 Å². The monoisotopic (exact) mass is 217 g/mol.